The van der Waals surface area contributed by atoms with Crippen LogP contribution in [0.2, 0.25) is 0 Å². The molecule has 0 bridgehead atoms. The van der Waals surface area contributed by atoms with Crippen LogP contribution in [-0.4, -0.2) is 72.1 Å². The molecule has 9 nitrogen and oxygen atoms in total. The van der Waals surface area contributed by atoms with E-state index >= 15 is 0 Å². The lowest BCUT2D eigenvalue weighted by Crippen LogP contribution is -2.57. The number of benzene rings is 2. The highest BCUT2D eigenvalue weighted by atomic mass is 16.5. The van der Waals surface area contributed by atoms with Crippen molar-refractivity contribution in [3.05, 3.63) is 59.7 Å². The zero-order chi connectivity index (χ0) is 27.9. The minimum atomic E-state index is -0.845. The number of nitrogens with one attached hydrogen (secondary N) is 3. The summed E-state index contributed by atoms with van der Waals surface area (Å²) in [5.74, 6) is 0.329. The normalized spacial score (nSPS) is 25.9. The third kappa shape index (κ3) is 7.72. The number of ether oxygens (including phenoxy) is 1. The van der Waals surface area contributed by atoms with Gasteiger partial charge in [-0.3, -0.25) is 14.4 Å². The number of fused-ring (bicyclic) bond motifs is 1. The van der Waals surface area contributed by atoms with Gasteiger partial charge in [-0.05, 0) is 74.8 Å². The molecule has 39 heavy (non-hydrogen) atoms. The number of likely N-dealkylation sites (N-methyl/N-ethyl adjacent to an activating group) is 1. The van der Waals surface area contributed by atoms with Crippen molar-refractivity contribution in [1.29, 1.82) is 0 Å². The number of aryl methyl sites for hydroxylation is 1. The van der Waals surface area contributed by atoms with Crippen LogP contribution in [0.4, 0.5) is 0 Å². The Hall–Kier alpha value is -3.59. The van der Waals surface area contributed by atoms with Crippen molar-refractivity contribution in [2.45, 2.75) is 70.1 Å². The zero-order valence-electron chi connectivity index (χ0n) is 23.0. The Kier molecular flexibility index (Phi) is 9.45. The number of carbonyl (C=O) groups is 3. The number of amides is 3. The minimum absolute atomic E-state index is 0.127. The number of nitrogens with zero attached hydrogens (tertiary/aromatic N) is 1. The van der Waals surface area contributed by atoms with E-state index in [9.17, 15) is 19.5 Å². The van der Waals surface area contributed by atoms with Crippen LogP contribution in [0.25, 0.3) is 0 Å². The summed E-state index contributed by atoms with van der Waals surface area (Å²) in [6.45, 7) is 4.54. The average molecular weight is 537 g/mol. The molecule has 4 N–H and O–H groups in total. The molecule has 1 heterocycles. The SMILES string of the molecule is C[C@@H]1C(=O)N[C@H](Cc2ccc(O)cc2)C(=O)N[C@@H](C)CCc2ccccc2OCCN[C@@H](C2CC2)C(=O)N1C. The van der Waals surface area contributed by atoms with Gasteiger partial charge in [0.15, 0.2) is 0 Å². The molecule has 2 aromatic rings. The first kappa shape index (κ1) is 28.4. The Morgan fingerprint density at radius 3 is 2.38 bits per heavy atom. The lowest BCUT2D eigenvalue weighted by atomic mass is 10.0. The molecule has 1 saturated carbocycles. The van der Waals surface area contributed by atoms with Crippen LogP contribution in [0.5, 0.6) is 11.5 Å². The highest BCUT2D eigenvalue weighted by Gasteiger charge is 2.39. The van der Waals surface area contributed by atoms with Crippen molar-refractivity contribution >= 4 is 17.7 Å². The topological polar surface area (TPSA) is 120 Å². The van der Waals surface area contributed by atoms with Gasteiger partial charge in [-0.1, -0.05) is 30.3 Å². The number of phenols is 1. The molecule has 0 radical (unpaired) electrons. The summed E-state index contributed by atoms with van der Waals surface area (Å²) in [6.07, 6.45) is 3.59. The van der Waals surface area contributed by atoms with Crippen LogP contribution in [-0.2, 0) is 27.2 Å². The molecule has 1 aliphatic heterocycles. The van der Waals surface area contributed by atoms with E-state index in [2.05, 4.69) is 16.0 Å². The predicted octanol–water partition coefficient (Wildman–Crippen LogP) is 2.16. The van der Waals surface area contributed by atoms with Crippen molar-refractivity contribution < 1.29 is 24.2 Å². The quantitative estimate of drug-likeness (QED) is 0.477. The molecule has 9 heteroatoms. The maximum Gasteiger partial charge on any atom is 0.243 e. The van der Waals surface area contributed by atoms with Crippen molar-refractivity contribution in [3.8, 4) is 11.5 Å². The van der Waals surface area contributed by atoms with Crippen LogP contribution < -0.4 is 20.7 Å². The summed E-state index contributed by atoms with van der Waals surface area (Å²) < 4.78 is 6.07. The summed E-state index contributed by atoms with van der Waals surface area (Å²) in [7, 11) is 1.63. The van der Waals surface area contributed by atoms with E-state index in [1.54, 1.807) is 38.2 Å². The zero-order valence-corrected chi connectivity index (χ0v) is 23.0. The number of hydrogen-bond acceptors (Lipinski definition) is 6. The smallest absolute Gasteiger partial charge is 0.243 e. The van der Waals surface area contributed by atoms with Crippen molar-refractivity contribution in [2.24, 2.45) is 5.92 Å². The molecule has 1 aliphatic carbocycles. The van der Waals surface area contributed by atoms with E-state index in [4.69, 9.17) is 4.74 Å². The van der Waals surface area contributed by atoms with Crippen molar-refractivity contribution in [2.75, 3.05) is 20.2 Å². The third-order valence-corrected chi connectivity index (χ3v) is 7.61. The Labute approximate surface area is 230 Å². The Bertz CT molecular complexity index is 1150. The third-order valence-electron chi connectivity index (χ3n) is 7.61. The van der Waals surface area contributed by atoms with Crippen LogP contribution >= 0.6 is 0 Å². The van der Waals surface area contributed by atoms with Gasteiger partial charge in [-0.15, -0.1) is 0 Å². The average Bonchev–Trinajstić information content (AvgIpc) is 3.77. The Morgan fingerprint density at radius 2 is 1.67 bits per heavy atom. The van der Waals surface area contributed by atoms with Crippen LogP contribution in [0.3, 0.4) is 0 Å². The fraction of sp³-hybridized carbons (Fsp3) is 0.500. The summed E-state index contributed by atoms with van der Waals surface area (Å²) >= 11 is 0. The molecule has 1 fully saturated rings. The second-order valence-electron chi connectivity index (χ2n) is 10.7. The number of phenolic OH excluding ortho intramolecular Hbond substituents is 1. The lowest BCUT2D eigenvalue weighted by Gasteiger charge is -2.30. The van der Waals surface area contributed by atoms with Gasteiger partial charge < -0.3 is 30.7 Å². The largest absolute Gasteiger partial charge is 0.508 e. The van der Waals surface area contributed by atoms with Gasteiger partial charge in [-0.2, -0.15) is 0 Å². The van der Waals surface area contributed by atoms with Crippen LogP contribution in [0.15, 0.2) is 48.5 Å². The van der Waals surface area contributed by atoms with E-state index < -0.39 is 18.0 Å². The second-order valence-corrected chi connectivity index (χ2v) is 10.7. The Balaban J connectivity index is 1.57. The summed E-state index contributed by atoms with van der Waals surface area (Å²) in [6, 6.07) is 12.3. The maximum atomic E-state index is 13.4. The van der Waals surface area contributed by atoms with Crippen molar-refractivity contribution in [1.82, 2.24) is 20.9 Å². The molecule has 2 aromatic carbocycles. The number of hydrogen-bond donors (Lipinski definition) is 4. The van der Waals surface area contributed by atoms with E-state index in [0.717, 1.165) is 29.7 Å². The van der Waals surface area contributed by atoms with Gasteiger partial charge in [0, 0.05) is 26.1 Å². The molecule has 0 unspecified atom stereocenters. The lowest BCUT2D eigenvalue weighted by molar-refractivity contribution is -0.141. The Morgan fingerprint density at radius 1 is 0.949 bits per heavy atom. The molecule has 0 saturated heterocycles. The predicted molar refractivity (Wildman–Crippen MR) is 148 cm³/mol. The number of aromatic hydroxyl groups is 1. The van der Waals surface area contributed by atoms with Gasteiger partial charge in [0.25, 0.3) is 0 Å². The molecule has 0 spiro atoms. The molecule has 4 rings (SSSR count). The van der Waals surface area contributed by atoms with E-state index in [0.29, 0.717) is 26.0 Å². The molecular formula is C30H40N4O5. The van der Waals surface area contributed by atoms with Crippen LogP contribution in [0, 0.1) is 5.92 Å². The summed E-state index contributed by atoms with van der Waals surface area (Å²) in [5.41, 5.74) is 1.85. The van der Waals surface area contributed by atoms with Gasteiger partial charge in [-0.25, -0.2) is 0 Å². The van der Waals surface area contributed by atoms with Crippen LogP contribution in [0.1, 0.15) is 44.2 Å². The fourth-order valence-corrected chi connectivity index (χ4v) is 4.85. The van der Waals surface area contributed by atoms with E-state index in [1.165, 1.54) is 4.90 Å². The number of carbonyl (C=O) groups excluding carboxylic acids is 3. The monoisotopic (exact) mass is 536 g/mol. The summed E-state index contributed by atoms with van der Waals surface area (Å²) in [4.78, 5) is 41.6. The summed E-state index contributed by atoms with van der Waals surface area (Å²) in [5, 5.41) is 18.9. The highest BCUT2D eigenvalue weighted by molar-refractivity contribution is 5.93. The first-order valence-electron chi connectivity index (χ1n) is 13.8. The number of para-hydroxylation sites is 1. The van der Waals surface area contributed by atoms with Gasteiger partial charge in [0.2, 0.25) is 17.7 Å². The molecule has 2 aliphatic rings. The first-order valence-corrected chi connectivity index (χ1v) is 13.8. The number of rotatable bonds is 3. The maximum absolute atomic E-state index is 13.4. The molecule has 4 atom stereocenters. The van der Waals surface area contributed by atoms with E-state index in [1.807, 2.05) is 31.2 Å². The molecule has 210 valence electrons. The first-order chi connectivity index (χ1) is 18.7. The molecular weight excluding hydrogens is 496 g/mol. The highest BCUT2D eigenvalue weighted by Crippen LogP contribution is 2.33. The van der Waals surface area contributed by atoms with Crippen molar-refractivity contribution in [3.63, 3.8) is 0 Å². The standard InChI is InChI=1S/C30H40N4O5/c1-19-8-11-22-6-4-5-7-26(22)39-17-16-31-27(23-12-13-23)30(38)34(3)20(2)28(36)33-25(29(37)32-19)18-21-9-14-24(35)15-10-21/h4-7,9-10,14-15,19-20,23,25,27,31,35H,8,11-13,16-18H2,1-3H3,(H,32,37)(H,33,36)/t19-,20+,25+,27-/m0/s1. The van der Waals surface area contributed by atoms with Gasteiger partial charge in [0.1, 0.15) is 30.2 Å². The van der Waals surface area contributed by atoms with E-state index in [-0.39, 0.29) is 42.0 Å². The van der Waals surface area contributed by atoms with Gasteiger partial charge >= 0.3 is 0 Å². The molecule has 0 aromatic heterocycles. The second kappa shape index (κ2) is 13.0. The molecule has 3 amide bonds. The fourth-order valence-electron chi connectivity index (χ4n) is 4.85. The minimum Gasteiger partial charge on any atom is -0.508 e. The van der Waals surface area contributed by atoms with Gasteiger partial charge in [0.05, 0.1) is 6.04 Å².